The average molecular weight is 498 g/mol. The first kappa shape index (κ1) is 24.5. The minimum atomic E-state index is -1.08. The van der Waals surface area contributed by atoms with E-state index in [0.717, 1.165) is 5.56 Å². The van der Waals surface area contributed by atoms with E-state index in [1.807, 2.05) is 30.3 Å². The number of fused-ring (bicyclic) bond motifs is 1. The molecule has 0 bridgehead atoms. The molecule has 7 nitrogen and oxygen atoms in total. The summed E-state index contributed by atoms with van der Waals surface area (Å²) in [5.74, 6) is -1.22. The van der Waals surface area contributed by atoms with Crippen molar-refractivity contribution in [2.45, 2.75) is 38.4 Å². The van der Waals surface area contributed by atoms with Crippen LogP contribution >= 0.6 is 11.6 Å². The topological polar surface area (TPSA) is 104 Å². The summed E-state index contributed by atoms with van der Waals surface area (Å²) in [7, 11) is 0. The third-order valence-electron chi connectivity index (χ3n) is 5.59. The number of carbonyl (C=O) groups excluding carboxylic acids is 2. The van der Waals surface area contributed by atoms with Crippen molar-refractivity contribution in [2.24, 2.45) is 5.73 Å². The van der Waals surface area contributed by atoms with Crippen LogP contribution in [0.25, 0.3) is 11.1 Å². The Labute approximate surface area is 207 Å². The number of aromatic nitrogens is 1. The van der Waals surface area contributed by atoms with Crippen LogP contribution in [0.3, 0.4) is 0 Å². The van der Waals surface area contributed by atoms with Gasteiger partial charge in [-0.05, 0) is 38.5 Å². The number of benzene rings is 2. The van der Waals surface area contributed by atoms with E-state index in [-0.39, 0.29) is 40.6 Å². The lowest BCUT2D eigenvalue weighted by Crippen LogP contribution is -2.45. The van der Waals surface area contributed by atoms with Crippen LogP contribution in [-0.4, -0.2) is 29.1 Å². The van der Waals surface area contributed by atoms with Crippen molar-refractivity contribution in [1.29, 1.82) is 0 Å². The Bertz CT molecular complexity index is 1290. The molecule has 0 aliphatic carbocycles. The molecule has 2 heterocycles. The highest BCUT2D eigenvalue weighted by Crippen LogP contribution is 2.47. The van der Waals surface area contributed by atoms with Gasteiger partial charge < -0.3 is 20.5 Å². The van der Waals surface area contributed by atoms with Gasteiger partial charge in [0, 0.05) is 28.7 Å². The molecule has 3 N–H and O–H groups in total. The molecule has 0 radical (unpaired) electrons. The van der Waals surface area contributed by atoms with Crippen molar-refractivity contribution < 1.29 is 23.5 Å². The number of nitrogens with two attached hydrogens (primary N) is 1. The van der Waals surface area contributed by atoms with Crippen LogP contribution in [0, 0.1) is 5.82 Å². The predicted molar refractivity (Wildman–Crippen MR) is 130 cm³/mol. The normalized spacial score (nSPS) is 16.8. The van der Waals surface area contributed by atoms with Gasteiger partial charge in [0.1, 0.15) is 11.4 Å². The molecule has 3 aromatic rings. The van der Waals surface area contributed by atoms with E-state index in [4.69, 9.17) is 26.8 Å². The number of pyridine rings is 1. The summed E-state index contributed by atoms with van der Waals surface area (Å²) in [5.41, 5.74) is 5.29. The first-order chi connectivity index (χ1) is 16.5. The highest BCUT2D eigenvalue weighted by Gasteiger charge is 2.44. The van der Waals surface area contributed by atoms with Gasteiger partial charge in [-0.15, -0.1) is 0 Å². The van der Waals surface area contributed by atoms with Crippen LogP contribution in [0.2, 0.25) is 5.02 Å². The van der Waals surface area contributed by atoms with Crippen LogP contribution in [0.15, 0.2) is 54.7 Å². The number of ether oxygens (including phenoxy) is 2. The number of hydrogen-bond donors (Lipinski definition) is 2. The fraction of sp³-hybridized carbons (Fsp3) is 0.269. The minimum absolute atomic E-state index is 0.00982. The Morgan fingerprint density at radius 2 is 1.89 bits per heavy atom. The average Bonchev–Trinajstić information content (AvgIpc) is 3.17. The SMILES string of the molecule is CC(C)(C)OC(=O)NC[C@@]1(c2ccccc2)Cc2c(ncc(Cl)c2-c2c(F)cccc2C(N)=O)O1. The van der Waals surface area contributed by atoms with Crippen molar-refractivity contribution in [3.05, 3.63) is 82.3 Å². The molecule has 2 aromatic carbocycles. The largest absolute Gasteiger partial charge is 0.464 e. The van der Waals surface area contributed by atoms with E-state index < -0.39 is 29.0 Å². The highest BCUT2D eigenvalue weighted by molar-refractivity contribution is 6.33. The van der Waals surface area contributed by atoms with Crippen molar-refractivity contribution in [3.63, 3.8) is 0 Å². The van der Waals surface area contributed by atoms with Crippen molar-refractivity contribution in [1.82, 2.24) is 10.3 Å². The molecule has 4 rings (SSSR count). The molecule has 0 saturated carbocycles. The number of nitrogens with one attached hydrogen (secondary N) is 1. The molecule has 0 unspecified atom stereocenters. The molecule has 0 saturated heterocycles. The summed E-state index contributed by atoms with van der Waals surface area (Å²) in [6, 6.07) is 13.4. The fourth-order valence-corrected chi connectivity index (χ4v) is 4.41. The van der Waals surface area contributed by atoms with Gasteiger partial charge in [0.2, 0.25) is 11.8 Å². The molecule has 182 valence electrons. The lowest BCUT2D eigenvalue weighted by Gasteiger charge is -2.30. The van der Waals surface area contributed by atoms with Gasteiger partial charge in [-0.3, -0.25) is 4.79 Å². The number of halogens is 2. The zero-order valence-corrected chi connectivity index (χ0v) is 20.3. The summed E-state index contributed by atoms with van der Waals surface area (Å²) in [6.45, 7) is 5.35. The number of hydrogen-bond acceptors (Lipinski definition) is 5. The van der Waals surface area contributed by atoms with Crippen molar-refractivity contribution in [2.75, 3.05) is 6.54 Å². The molecule has 0 fully saturated rings. The molecule has 1 aliphatic heterocycles. The first-order valence-corrected chi connectivity index (χ1v) is 11.4. The van der Waals surface area contributed by atoms with Gasteiger partial charge in [0.05, 0.1) is 17.8 Å². The number of carbonyl (C=O) groups is 2. The number of nitrogens with zero attached hydrogens (tertiary/aromatic N) is 1. The number of amides is 2. The molecule has 35 heavy (non-hydrogen) atoms. The maximum Gasteiger partial charge on any atom is 0.407 e. The van der Waals surface area contributed by atoms with Gasteiger partial charge in [-0.1, -0.05) is 48.0 Å². The van der Waals surface area contributed by atoms with E-state index in [2.05, 4.69) is 10.3 Å². The van der Waals surface area contributed by atoms with Crippen LogP contribution in [-0.2, 0) is 16.8 Å². The Kier molecular flexibility index (Phi) is 6.42. The van der Waals surface area contributed by atoms with Crippen LogP contribution in [0.4, 0.5) is 9.18 Å². The molecular weight excluding hydrogens is 473 g/mol. The minimum Gasteiger partial charge on any atom is -0.464 e. The van der Waals surface area contributed by atoms with Gasteiger partial charge in [0.25, 0.3) is 0 Å². The molecule has 1 aromatic heterocycles. The molecule has 9 heteroatoms. The molecule has 2 amide bonds. The number of alkyl carbamates (subject to hydrolysis) is 1. The summed E-state index contributed by atoms with van der Waals surface area (Å²) >= 11 is 6.50. The first-order valence-electron chi connectivity index (χ1n) is 11.0. The molecule has 1 aliphatic rings. The smallest absolute Gasteiger partial charge is 0.407 e. The monoisotopic (exact) mass is 497 g/mol. The Morgan fingerprint density at radius 1 is 1.17 bits per heavy atom. The summed E-state index contributed by atoms with van der Waals surface area (Å²) < 4.78 is 26.8. The molecular formula is C26H25ClFN3O4. The van der Waals surface area contributed by atoms with Crippen LogP contribution in [0.5, 0.6) is 5.88 Å². The highest BCUT2D eigenvalue weighted by atomic mass is 35.5. The van der Waals surface area contributed by atoms with Crippen LogP contribution < -0.4 is 15.8 Å². The van der Waals surface area contributed by atoms with E-state index in [0.29, 0.717) is 5.56 Å². The third kappa shape index (κ3) is 4.93. The Balaban J connectivity index is 1.80. The lowest BCUT2D eigenvalue weighted by atomic mass is 9.86. The van der Waals surface area contributed by atoms with Gasteiger partial charge in [0.15, 0.2) is 5.60 Å². The van der Waals surface area contributed by atoms with Gasteiger partial charge in [-0.25, -0.2) is 14.2 Å². The van der Waals surface area contributed by atoms with Gasteiger partial charge in [-0.2, -0.15) is 0 Å². The lowest BCUT2D eigenvalue weighted by molar-refractivity contribution is 0.0407. The zero-order valence-electron chi connectivity index (χ0n) is 19.5. The Morgan fingerprint density at radius 3 is 2.54 bits per heavy atom. The van der Waals surface area contributed by atoms with Crippen LogP contribution in [0.1, 0.15) is 42.3 Å². The second kappa shape index (κ2) is 9.19. The fourth-order valence-electron chi connectivity index (χ4n) is 4.15. The second-order valence-corrected chi connectivity index (χ2v) is 9.69. The predicted octanol–water partition coefficient (Wildman–Crippen LogP) is 5.00. The maximum absolute atomic E-state index is 15.1. The van der Waals surface area contributed by atoms with E-state index in [1.54, 1.807) is 20.8 Å². The standard InChI is InChI=1S/C26H25ClFN3O4/c1-25(2,3)35-24(33)31-14-26(15-8-5-4-6-9-15)12-17-20(18(27)13-30-23(17)34-26)21-16(22(29)32)10-7-11-19(21)28/h4-11,13H,12,14H2,1-3H3,(H2,29,32)(H,31,33)/t26-/m1/s1. The zero-order chi connectivity index (χ0) is 25.4. The van der Waals surface area contributed by atoms with Crippen molar-refractivity contribution >= 4 is 23.6 Å². The van der Waals surface area contributed by atoms with E-state index in [9.17, 15) is 9.59 Å². The quantitative estimate of drug-likeness (QED) is 0.516. The number of rotatable bonds is 5. The third-order valence-corrected chi connectivity index (χ3v) is 5.88. The molecule has 1 atom stereocenters. The number of primary amides is 1. The van der Waals surface area contributed by atoms with E-state index in [1.165, 1.54) is 24.4 Å². The summed E-state index contributed by atoms with van der Waals surface area (Å²) in [5, 5.41) is 2.92. The second-order valence-electron chi connectivity index (χ2n) is 9.29. The van der Waals surface area contributed by atoms with E-state index >= 15 is 4.39 Å². The van der Waals surface area contributed by atoms with Gasteiger partial charge >= 0.3 is 6.09 Å². The summed E-state index contributed by atoms with van der Waals surface area (Å²) in [6.07, 6.45) is 0.927. The molecule has 0 spiro atoms. The maximum atomic E-state index is 15.1. The van der Waals surface area contributed by atoms with Crippen molar-refractivity contribution in [3.8, 4) is 17.0 Å². The summed E-state index contributed by atoms with van der Waals surface area (Å²) in [4.78, 5) is 28.9. The Hall–Kier alpha value is -3.65.